The zero-order valence-corrected chi connectivity index (χ0v) is 21.0. The van der Waals surface area contributed by atoms with Gasteiger partial charge in [0.2, 0.25) is 11.8 Å². The fourth-order valence-electron chi connectivity index (χ4n) is 4.22. The van der Waals surface area contributed by atoms with Crippen LogP contribution in [0.4, 0.5) is 11.4 Å². The monoisotopic (exact) mass is 494 g/mol. The summed E-state index contributed by atoms with van der Waals surface area (Å²) in [6.45, 7) is 6.01. The first-order valence-corrected chi connectivity index (χ1v) is 13.2. The van der Waals surface area contributed by atoms with Crippen LogP contribution >= 0.6 is 23.1 Å². The predicted molar refractivity (Wildman–Crippen MR) is 137 cm³/mol. The quantitative estimate of drug-likeness (QED) is 0.372. The number of rotatable bonds is 6. The Labute approximate surface area is 205 Å². The van der Waals surface area contributed by atoms with Crippen molar-refractivity contribution in [1.82, 2.24) is 19.6 Å². The van der Waals surface area contributed by atoms with Gasteiger partial charge < -0.3 is 10.6 Å². The summed E-state index contributed by atoms with van der Waals surface area (Å²) in [6, 6.07) is 5.48. The molecule has 1 aromatic carbocycles. The molecule has 2 N–H and O–H groups in total. The highest BCUT2D eigenvalue weighted by Crippen LogP contribution is 2.39. The van der Waals surface area contributed by atoms with Gasteiger partial charge in [0.15, 0.2) is 10.8 Å². The highest BCUT2D eigenvalue weighted by molar-refractivity contribution is 7.99. The van der Waals surface area contributed by atoms with E-state index in [1.165, 1.54) is 28.6 Å². The Balaban J connectivity index is 1.31. The molecule has 0 saturated carbocycles. The minimum Gasteiger partial charge on any atom is -0.326 e. The molecule has 10 heteroatoms. The average molecular weight is 495 g/mol. The van der Waals surface area contributed by atoms with Crippen LogP contribution in [0.2, 0.25) is 0 Å². The summed E-state index contributed by atoms with van der Waals surface area (Å²) in [5.74, 6) is 0.661. The molecule has 0 radical (unpaired) electrons. The lowest BCUT2D eigenvalue weighted by molar-refractivity contribution is -0.116. The van der Waals surface area contributed by atoms with Crippen LogP contribution in [0.1, 0.15) is 42.7 Å². The number of aromatic nitrogens is 4. The number of nitrogens with zero attached hydrogens (tertiary/aromatic N) is 4. The zero-order valence-electron chi connectivity index (χ0n) is 19.3. The van der Waals surface area contributed by atoms with Crippen molar-refractivity contribution in [2.75, 3.05) is 16.4 Å². The first-order valence-electron chi connectivity index (χ1n) is 11.4. The largest absolute Gasteiger partial charge is 0.326 e. The van der Waals surface area contributed by atoms with Gasteiger partial charge in [0.1, 0.15) is 11.2 Å². The smallest absolute Gasteiger partial charge is 0.234 e. The maximum absolute atomic E-state index is 12.6. The van der Waals surface area contributed by atoms with Crippen molar-refractivity contribution >= 4 is 62.2 Å². The third kappa shape index (κ3) is 4.39. The summed E-state index contributed by atoms with van der Waals surface area (Å²) in [6.07, 6.45) is 5.48. The van der Waals surface area contributed by atoms with Crippen LogP contribution in [0.25, 0.3) is 15.9 Å². The molecule has 1 aliphatic rings. The van der Waals surface area contributed by atoms with E-state index < -0.39 is 0 Å². The minimum atomic E-state index is -0.158. The number of carbonyl (C=O) groups is 2. The van der Waals surface area contributed by atoms with E-state index in [-0.39, 0.29) is 17.6 Å². The molecule has 8 nitrogen and oxygen atoms in total. The maximum Gasteiger partial charge on any atom is 0.234 e. The van der Waals surface area contributed by atoms with Crippen LogP contribution in [0.15, 0.2) is 29.7 Å². The second-order valence-electron chi connectivity index (χ2n) is 8.72. The molecule has 4 aromatic rings. The number of hydrogen-bond donors (Lipinski definition) is 2. The van der Waals surface area contributed by atoms with E-state index in [0.29, 0.717) is 28.9 Å². The molecule has 1 atom stereocenters. The molecule has 2 amide bonds. The molecule has 3 aromatic heterocycles. The number of anilines is 2. The normalized spacial score (nSPS) is 15.4. The van der Waals surface area contributed by atoms with Gasteiger partial charge in [-0.05, 0) is 55.4 Å². The number of aryl methyl sites for hydroxylation is 2. The van der Waals surface area contributed by atoms with Crippen molar-refractivity contribution in [2.45, 2.75) is 51.6 Å². The molecule has 176 valence electrons. The number of carbonyl (C=O) groups excluding carboxylic acids is 2. The topological polar surface area (TPSA) is 101 Å². The van der Waals surface area contributed by atoms with Crippen LogP contribution < -0.4 is 10.6 Å². The molecule has 0 unspecified atom stereocenters. The average Bonchev–Trinajstić information content (AvgIpc) is 3.39. The number of thioether (sulfide) groups is 1. The van der Waals surface area contributed by atoms with Gasteiger partial charge >= 0.3 is 0 Å². The third-order valence-electron chi connectivity index (χ3n) is 6.12. The number of fused-ring (bicyclic) bond motifs is 5. The van der Waals surface area contributed by atoms with E-state index in [1.807, 2.05) is 23.5 Å². The molecule has 3 heterocycles. The Morgan fingerprint density at radius 3 is 2.91 bits per heavy atom. The maximum atomic E-state index is 12.6. The van der Waals surface area contributed by atoms with Crippen LogP contribution in [-0.2, 0) is 22.4 Å². The highest BCUT2D eigenvalue weighted by atomic mass is 32.2. The highest BCUT2D eigenvalue weighted by Gasteiger charge is 2.24. The summed E-state index contributed by atoms with van der Waals surface area (Å²) < 4.78 is 1.88. The van der Waals surface area contributed by atoms with E-state index in [1.54, 1.807) is 30.7 Å². The van der Waals surface area contributed by atoms with E-state index in [4.69, 9.17) is 0 Å². The Morgan fingerprint density at radius 1 is 1.24 bits per heavy atom. The molecule has 1 aliphatic carbocycles. The van der Waals surface area contributed by atoms with Crippen LogP contribution in [0, 0.1) is 12.8 Å². The van der Waals surface area contributed by atoms with Crippen LogP contribution in [0.5, 0.6) is 0 Å². The summed E-state index contributed by atoms with van der Waals surface area (Å²) in [5, 5.41) is 16.3. The summed E-state index contributed by atoms with van der Waals surface area (Å²) in [4.78, 5) is 31.5. The lowest BCUT2D eigenvalue weighted by Crippen LogP contribution is -2.15. The van der Waals surface area contributed by atoms with Crippen molar-refractivity contribution in [1.29, 1.82) is 0 Å². The molecule has 0 bridgehead atoms. The molecule has 0 spiro atoms. The third-order valence-corrected chi connectivity index (χ3v) is 8.23. The molecular formula is C24H26N6O2S2. The van der Waals surface area contributed by atoms with Crippen LogP contribution in [-0.4, -0.2) is 37.1 Å². The summed E-state index contributed by atoms with van der Waals surface area (Å²) >= 11 is 3.09. The van der Waals surface area contributed by atoms with Gasteiger partial charge in [-0.25, -0.2) is 4.98 Å². The minimum absolute atomic E-state index is 0.0649. The molecule has 5 rings (SSSR count). The van der Waals surface area contributed by atoms with Crippen molar-refractivity contribution in [3.8, 4) is 0 Å². The SMILES string of the molecule is CCC(=O)Nc1cc(NC(=O)CSc2nnc3c4c5c(sc4ncn23)C[C@H](C)CC5)ccc1C. The van der Waals surface area contributed by atoms with Gasteiger partial charge in [0, 0.05) is 22.7 Å². The van der Waals surface area contributed by atoms with Gasteiger partial charge in [-0.2, -0.15) is 0 Å². The Bertz CT molecular complexity index is 1410. The number of thiophene rings is 1. The number of nitrogens with one attached hydrogen (secondary N) is 2. The first kappa shape index (κ1) is 22.8. The number of hydrogen-bond acceptors (Lipinski definition) is 7. The number of amides is 2. The van der Waals surface area contributed by atoms with E-state index in [0.717, 1.165) is 34.3 Å². The first-order chi connectivity index (χ1) is 16.4. The van der Waals surface area contributed by atoms with Crippen molar-refractivity contribution in [2.24, 2.45) is 5.92 Å². The van der Waals surface area contributed by atoms with E-state index >= 15 is 0 Å². The second kappa shape index (κ2) is 9.34. The molecule has 0 fully saturated rings. The predicted octanol–water partition coefficient (Wildman–Crippen LogP) is 4.85. The molecule has 34 heavy (non-hydrogen) atoms. The lowest BCUT2D eigenvalue weighted by atomic mass is 9.89. The van der Waals surface area contributed by atoms with Crippen molar-refractivity contribution in [3.63, 3.8) is 0 Å². The van der Waals surface area contributed by atoms with Gasteiger partial charge in [-0.3, -0.25) is 14.0 Å². The zero-order chi connectivity index (χ0) is 23.8. The van der Waals surface area contributed by atoms with Gasteiger partial charge in [-0.1, -0.05) is 31.7 Å². The van der Waals surface area contributed by atoms with Gasteiger partial charge in [-0.15, -0.1) is 21.5 Å². The van der Waals surface area contributed by atoms with E-state index in [9.17, 15) is 9.59 Å². The fraction of sp³-hybridized carbons (Fsp3) is 0.375. The fourth-order valence-corrected chi connectivity index (χ4v) is 6.27. The Morgan fingerprint density at radius 2 is 2.09 bits per heavy atom. The second-order valence-corrected chi connectivity index (χ2v) is 10.7. The lowest BCUT2D eigenvalue weighted by Gasteiger charge is -2.17. The van der Waals surface area contributed by atoms with Crippen molar-refractivity contribution < 1.29 is 9.59 Å². The standard InChI is InChI=1S/C24H26N6O2S2/c1-4-19(31)27-17-10-15(7-6-14(17)3)26-20(32)11-33-24-29-28-22-21-16-8-5-13(2)9-18(16)34-23(21)25-12-30(22)24/h6-7,10,12-13H,4-5,8-9,11H2,1-3H3,(H,26,32)(H,27,31)/t13-/m1/s1. The Kier molecular flexibility index (Phi) is 6.26. The van der Waals surface area contributed by atoms with Crippen molar-refractivity contribution in [3.05, 3.63) is 40.5 Å². The summed E-state index contributed by atoms with van der Waals surface area (Å²) in [5.41, 5.74) is 4.45. The Hall–Kier alpha value is -2.98. The van der Waals surface area contributed by atoms with Crippen LogP contribution in [0.3, 0.4) is 0 Å². The van der Waals surface area contributed by atoms with E-state index in [2.05, 4.69) is 32.7 Å². The molecule has 0 aliphatic heterocycles. The number of benzene rings is 1. The molecule has 0 saturated heterocycles. The van der Waals surface area contributed by atoms with Gasteiger partial charge in [0.25, 0.3) is 0 Å². The van der Waals surface area contributed by atoms with Gasteiger partial charge in [0.05, 0.1) is 11.1 Å². The summed E-state index contributed by atoms with van der Waals surface area (Å²) in [7, 11) is 0. The molecular weight excluding hydrogens is 468 g/mol.